The first-order chi connectivity index (χ1) is 7.86. The van der Waals surface area contributed by atoms with Gasteiger partial charge in [0.1, 0.15) is 5.75 Å². The number of nitrogens with zero attached hydrogens (tertiary/aromatic N) is 1. The van der Waals surface area contributed by atoms with E-state index in [1.54, 1.807) is 6.20 Å². The Hall–Kier alpha value is -1.85. The third-order valence-corrected chi connectivity index (χ3v) is 1.60. The molecule has 16 heavy (non-hydrogen) atoms. The van der Waals surface area contributed by atoms with E-state index in [2.05, 4.69) is 4.98 Å². The molecule has 81 valence electrons. The normalized spacial score (nSPS) is 8.62. The van der Waals surface area contributed by atoms with Gasteiger partial charge in [-0.3, -0.25) is 0 Å². The molecule has 0 saturated carbocycles. The largest absolute Gasteiger partial charge is 0.482 e. The van der Waals surface area contributed by atoms with Gasteiger partial charge in [-0.1, -0.05) is 24.3 Å². The number of hydrogen-bond donors (Lipinski definition) is 2. The maximum absolute atomic E-state index is 7.00. The van der Waals surface area contributed by atoms with E-state index in [1.165, 1.54) is 0 Å². The van der Waals surface area contributed by atoms with Crippen molar-refractivity contribution < 1.29 is 14.8 Å². The van der Waals surface area contributed by atoms with Gasteiger partial charge in [-0.25, -0.2) is 4.98 Å². The van der Waals surface area contributed by atoms with Crippen molar-refractivity contribution in [3.05, 3.63) is 54.7 Å². The second-order valence-corrected chi connectivity index (χ2v) is 2.70. The van der Waals surface area contributed by atoms with Gasteiger partial charge in [0.2, 0.25) is 5.88 Å². The fraction of sp³-hybridized carbons (Fsp3) is 0. The van der Waals surface area contributed by atoms with Crippen molar-refractivity contribution in [3.63, 3.8) is 0 Å². The Labute approximate surface area is 94.5 Å². The summed E-state index contributed by atoms with van der Waals surface area (Å²) in [5.41, 5.74) is 0. The van der Waals surface area contributed by atoms with Gasteiger partial charge in [0.05, 0.1) is 0 Å². The molecule has 1 heterocycles. The second kappa shape index (κ2) is 7.45. The SMILES string of the molecule is O[B]O.c1ccc(Oc2ccccn2)cc1. The van der Waals surface area contributed by atoms with Gasteiger partial charge in [-0.2, -0.15) is 0 Å². The second-order valence-electron chi connectivity index (χ2n) is 2.70. The molecule has 0 spiro atoms. The zero-order valence-corrected chi connectivity index (χ0v) is 8.52. The number of pyridine rings is 1. The van der Waals surface area contributed by atoms with E-state index in [-0.39, 0.29) is 7.69 Å². The minimum atomic E-state index is 0. The van der Waals surface area contributed by atoms with Gasteiger partial charge >= 0.3 is 7.69 Å². The van der Waals surface area contributed by atoms with Crippen LogP contribution in [0.5, 0.6) is 11.6 Å². The van der Waals surface area contributed by atoms with Crippen molar-refractivity contribution >= 4 is 7.69 Å². The number of hydrogen-bond acceptors (Lipinski definition) is 4. The number of aromatic nitrogens is 1. The van der Waals surface area contributed by atoms with E-state index >= 15 is 0 Å². The maximum atomic E-state index is 7.00. The summed E-state index contributed by atoms with van der Waals surface area (Å²) in [4.78, 5) is 4.05. The molecule has 0 aliphatic carbocycles. The Balaban J connectivity index is 0.000000386. The predicted molar refractivity (Wildman–Crippen MR) is 60.9 cm³/mol. The topological polar surface area (TPSA) is 62.6 Å². The number of para-hydroxylation sites is 1. The summed E-state index contributed by atoms with van der Waals surface area (Å²) in [6, 6.07) is 15.2. The van der Waals surface area contributed by atoms with Gasteiger partial charge in [0.15, 0.2) is 0 Å². The van der Waals surface area contributed by atoms with Crippen molar-refractivity contribution in [2.45, 2.75) is 0 Å². The summed E-state index contributed by atoms with van der Waals surface area (Å²) < 4.78 is 5.47. The Morgan fingerprint density at radius 3 is 2.12 bits per heavy atom. The number of ether oxygens (including phenoxy) is 1. The Morgan fingerprint density at radius 2 is 1.56 bits per heavy atom. The van der Waals surface area contributed by atoms with Gasteiger partial charge in [-0.05, 0) is 18.2 Å². The van der Waals surface area contributed by atoms with Crippen LogP contribution in [-0.2, 0) is 0 Å². The lowest BCUT2D eigenvalue weighted by Gasteiger charge is -2.02. The summed E-state index contributed by atoms with van der Waals surface area (Å²) in [5, 5.41) is 14.0. The van der Waals surface area contributed by atoms with Crippen molar-refractivity contribution in [1.82, 2.24) is 4.98 Å². The van der Waals surface area contributed by atoms with E-state index in [9.17, 15) is 0 Å². The molecule has 4 nitrogen and oxygen atoms in total. The molecule has 0 bridgehead atoms. The van der Waals surface area contributed by atoms with Gasteiger partial charge in [0, 0.05) is 12.3 Å². The first-order valence-electron chi connectivity index (χ1n) is 4.61. The molecule has 0 unspecified atom stereocenters. The molecule has 0 amide bonds. The van der Waals surface area contributed by atoms with Gasteiger partial charge in [-0.15, -0.1) is 0 Å². The zero-order chi connectivity index (χ0) is 11.6. The zero-order valence-electron chi connectivity index (χ0n) is 8.52. The third-order valence-electron chi connectivity index (χ3n) is 1.60. The molecule has 0 fully saturated rings. The summed E-state index contributed by atoms with van der Waals surface area (Å²) >= 11 is 0. The molecule has 0 saturated heterocycles. The van der Waals surface area contributed by atoms with E-state index < -0.39 is 0 Å². The predicted octanol–water partition coefficient (Wildman–Crippen LogP) is 1.38. The molecule has 1 aromatic carbocycles. The highest BCUT2D eigenvalue weighted by molar-refractivity contribution is 6.13. The number of rotatable bonds is 2. The molecule has 1 radical (unpaired) electrons. The van der Waals surface area contributed by atoms with E-state index in [0.717, 1.165) is 5.75 Å². The minimum Gasteiger partial charge on any atom is -0.439 e. The van der Waals surface area contributed by atoms with Crippen LogP contribution in [0.4, 0.5) is 0 Å². The average Bonchev–Trinajstić information content (AvgIpc) is 2.33. The van der Waals surface area contributed by atoms with Crippen molar-refractivity contribution in [3.8, 4) is 11.6 Å². The molecule has 2 aromatic rings. The Morgan fingerprint density at radius 1 is 0.938 bits per heavy atom. The Kier molecular flexibility index (Phi) is 5.69. The molecule has 0 atom stereocenters. The molecule has 2 rings (SSSR count). The smallest absolute Gasteiger partial charge is 0.439 e. The lowest BCUT2D eigenvalue weighted by Crippen LogP contribution is -1.85. The minimum absolute atomic E-state index is 0. The lowest BCUT2D eigenvalue weighted by molar-refractivity contribution is 0.448. The standard InChI is InChI=1S/C11H9NO.BH2O2/c1-2-6-10(7-3-1)13-11-8-4-5-9-12-11;2-1-3/h1-9H;2-3H. The molecular formula is C11H11BNO3. The summed E-state index contributed by atoms with van der Waals surface area (Å²) in [5.74, 6) is 1.43. The third kappa shape index (κ3) is 4.59. The van der Waals surface area contributed by atoms with Crippen LogP contribution in [0, 0.1) is 0 Å². The van der Waals surface area contributed by atoms with E-state index in [1.807, 2.05) is 48.5 Å². The van der Waals surface area contributed by atoms with E-state index in [0.29, 0.717) is 5.88 Å². The maximum Gasteiger partial charge on any atom is 0.482 e. The quantitative estimate of drug-likeness (QED) is 0.744. The van der Waals surface area contributed by atoms with Crippen molar-refractivity contribution in [1.29, 1.82) is 0 Å². The van der Waals surface area contributed by atoms with Crippen molar-refractivity contribution in [2.75, 3.05) is 0 Å². The highest BCUT2D eigenvalue weighted by Crippen LogP contribution is 2.17. The molecule has 0 aliphatic heterocycles. The lowest BCUT2D eigenvalue weighted by atomic mass is 10.3. The molecule has 1 aromatic heterocycles. The van der Waals surface area contributed by atoms with Crippen LogP contribution in [0.25, 0.3) is 0 Å². The van der Waals surface area contributed by atoms with E-state index in [4.69, 9.17) is 14.8 Å². The van der Waals surface area contributed by atoms with Crippen LogP contribution in [0.2, 0.25) is 0 Å². The fourth-order valence-electron chi connectivity index (χ4n) is 1.02. The van der Waals surface area contributed by atoms with Crippen LogP contribution in [-0.4, -0.2) is 22.7 Å². The fourth-order valence-corrected chi connectivity index (χ4v) is 1.02. The van der Waals surface area contributed by atoms with Crippen LogP contribution in [0.3, 0.4) is 0 Å². The first kappa shape index (κ1) is 12.2. The molecule has 0 aliphatic rings. The molecular weight excluding hydrogens is 205 g/mol. The van der Waals surface area contributed by atoms with Crippen LogP contribution >= 0.6 is 0 Å². The van der Waals surface area contributed by atoms with Crippen LogP contribution < -0.4 is 4.74 Å². The highest BCUT2D eigenvalue weighted by atomic mass is 16.5. The van der Waals surface area contributed by atoms with Gasteiger partial charge < -0.3 is 14.8 Å². The highest BCUT2D eigenvalue weighted by Gasteiger charge is 1.93. The average molecular weight is 216 g/mol. The summed E-state index contributed by atoms with van der Waals surface area (Å²) in [6.07, 6.45) is 1.71. The first-order valence-corrected chi connectivity index (χ1v) is 4.61. The Bertz CT molecular complexity index is 345. The molecule has 2 N–H and O–H groups in total. The summed E-state index contributed by atoms with van der Waals surface area (Å²) in [7, 11) is 0. The summed E-state index contributed by atoms with van der Waals surface area (Å²) in [6.45, 7) is 0. The molecule has 5 heteroatoms. The van der Waals surface area contributed by atoms with Gasteiger partial charge in [0.25, 0.3) is 0 Å². The number of benzene rings is 1. The van der Waals surface area contributed by atoms with Crippen LogP contribution in [0.15, 0.2) is 54.7 Å². The van der Waals surface area contributed by atoms with Crippen molar-refractivity contribution in [2.24, 2.45) is 0 Å². The van der Waals surface area contributed by atoms with Crippen LogP contribution in [0.1, 0.15) is 0 Å². The monoisotopic (exact) mass is 216 g/mol.